The van der Waals surface area contributed by atoms with Crippen LogP contribution < -0.4 is 14.2 Å². The summed E-state index contributed by atoms with van der Waals surface area (Å²) in [6, 6.07) is 15.7. The highest BCUT2D eigenvalue weighted by Crippen LogP contribution is 2.20. The molecule has 0 saturated carbocycles. The Kier molecular flexibility index (Phi) is 4.34. The van der Waals surface area contributed by atoms with E-state index in [1.54, 1.807) is 13.3 Å². The maximum atomic E-state index is 5.68. The van der Waals surface area contributed by atoms with Gasteiger partial charge >= 0.3 is 6.01 Å². The lowest BCUT2D eigenvalue weighted by Gasteiger charge is -2.09. The van der Waals surface area contributed by atoms with Gasteiger partial charge in [-0.3, -0.25) is 0 Å². The van der Waals surface area contributed by atoms with Gasteiger partial charge in [-0.25, -0.2) is 4.98 Å². The zero-order valence-corrected chi connectivity index (χ0v) is 12.2. The molecule has 0 fully saturated rings. The van der Waals surface area contributed by atoms with Crippen molar-refractivity contribution in [1.82, 2.24) is 9.97 Å². The van der Waals surface area contributed by atoms with Gasteiger partial charge in [0, 0.05) is 17.6 Å². The van der Waals surface area contributed by atoms with Gasteiger partial charge in [0.2, 0.25) is 0 Å². The van der Waals surface area contributed by atoms with Gasteiger partial charge in [0.15, 0.2) is 0 Å². The predicted octanol–water partition coefficient (Wildman–Crippen LogP) is 3.10. The van der Waals surface area contributed by atoms with E-state index in [-0.39, 0.29) is 0 Å². The van der Waals surface area contributed by atoms with Crippen molar-refractivity contribution in [2.75, 3.05) is 20.3 Å². The van der Waals surface area contributed by atoms with E-state index in [1.807, 2.05) is 48.5 Å². The van der Waals surface area contributed by atoms with E-state index >= 15 is 0 Å². The monoisotopic (exact) mass is 296 g/mol. The van der Waals surface area contributed by atoms with Crippen LogP contribution >= 0.6 is 0 Å². The molecule has 112 valence electrons. The van der Waals surface area contributed by atoms with Crippen LogP contribution in [0, 0.1) is 0 Å². The van der Waals surface area contributed by atoms with Crippen molar-refractivity contribution in [3.05, 3.63) is 54.7 Å². The zero-order chi connectivity index (χ0) is 15.2. The van der Waals surface area contributed by atoms with Crippen LogP contribution in [-0.4, -0.2) is 30.3 Å². The van der Waals surface area contributed by atoms with Crippen molar-refractivity contribution in [3.63, 3.8) is 0 Å². The molecule has 0 radical (unpaired) electrons. The molecule has 0 unspecified atom stereocenters. The highest BCUT2D eigenvalue weighted by molar-refractivity contribution is 5.79. The third-order valence-electron chi connectivity index (χ3n) is 3.08. The third kappa shape index (κ3) is 3.44. The Morgan fingerprint density at radius 3 is 2.45 bits per heavy atom. The van der Waals surface area contributed by atoms with Crippen LogP contribution in [0.2, 0.25) is 0 Å². The van der Waals surface area contributed by atoms with Gasteiger partial charge in [0.25, 0.3) is 0 Å². The number of hydrogen-bond acceptors (Lipinski definition) is 5. The molecule has 0 amide bonds. The summed E-state index contributed by atoms with van der Waals surface area (Å²) >= 11 is 0. The molecule has 2 aromatic carbocycles. The van der Waals surface area contributed by atoms with Crippen LogP contribution in [0.15, 0.2) is 54.7 Å². The van der Waals surface area contributed by atoms with Crippen LogP contribution in [-0.2, 0) is 0 Å². The molecule has 0 saturated heterocycles. The second-order valence-corrected chi connectivity index (χ2v) is 4.59. The number of benzene rings is 2. The molecule has 3 rings (SSSR count). The molecule has 5 nitrogen and oxygen atoms in total. The molecular weight excluding hydrogens is 280 g/mol. The lowest BCUT2D eigenvalue weighted by molar-refractivity contribution is 0.217. The summed E-state index contributed by atoms with van der Waals surface area (Å²) in [5, 5.41) is 0.939. The Balaban J connectivity index is 1.59. The Morgan fingerprint density at radius 1 is 0.909 bits per heavy atom. The smallest absolute Gasteiger partial charge is 0.316 e. The minimum Gasteiger partial charge on any atom is -0.490 e. The van der Waals surface area contributed by atoms with E-state index in [9.17, 15) is 0 Å². The van der Waals surface area contributed by atoms with Crippen LogP contribution in [0.4, 0.5) is 0 Å². The number of nitrogens with zero attached hydrogens (tertiary/aromatic N) is 2. The van der Waals surface area contributed by atoms with Crippen molar-refractivity contribution < 1.29 is 14.2 Å². The predicted molar refractivity (Wildman–Crippen MR) is 83.5 cm³/mol. The maximum absolute atomic E-state index is 5.68. The summed E-state index contributed by atoms with van der Waals surface area (Å²) in [4.78, 5) is 8.36. The normalized spacial score (nSPS) is 10.4. The van der Waals surface area contributed by atoms with Crippen molar-refractivity contribution in [2.45, 2.75) is 0 Å². The molecule has 0 aliphatic rings. The molecule has 0 aliphatic carbocycles. The van der Waals surface area contributed by atoms with Crippen LogP contribution in [0.3, 0.4) is 0 Å². The summed E-state index contributed by atoms with van der Waals surface area (Å²) in [5.41, 5.74) is 0.785. The SMILES string of the molecule is COc1ncc2ccc(OCCOc3ccccc3)cc2n1. The summed E-state index contributed by atoms with van der Waals surface area (Å²) in [6.07, 6.45) is 1.73. The van der Waals surface area contributed by atoms with E-state index < -0.39 is 0 Å². The molecule has 0 atom stereocenters. The molecule has 0 N–H and O–H groups in total. The molecular formula is C17H16N2O3. The topological polar surface area (TPSA) is 53.5 Å². The van der Waals surface area contributed by atoms with Crippen LogP contribution in [0.25, 0.3) is 10.9 Å². The number of rotatable bonds is 6. The Bertz CT molecular complexity index is 747. The number of fused-ring (bicyclic) bond motifs is 1. The van der Waals surface area contributed by atoms with Crippen molar-refractivity contribution in [2.24, 2.45) is 0 Å². The van der Waals surface area contributed by atoms with Gasteiger partial charge in [-0.05, 0) is 24.3 Å². The van der Waals surface area contributed by atoms with Crippen molar-refractivity contribution >= 4 is 10.9 Å². The van der Waals surface area contributed by atoms with E-state index in [2.05, 4.69) is 9.97 Å². The fraction of sp³-hybridized carbons (Fsp3) is 0.176. The standard InChI is InChI=1S/C17H16N2O3/c1-20-17-18-12-13-7-8-15(11-16(13)19-17)22-10-9-21-14-5-3-2-4-6-14/h2-8,11-12H,9-10H2,1H3. The van der Waals surface area contributed by atoms with Gasteiger partial charge in [0.05, 0.1) is 12.6 Å². The molecule has 22 heavy (non-hydrogen) atoms. The van der Waals surface area contributed by atoms with Gasteiger partial charge in [-0.2, -0.15) is 4.98 Å². The second kappa shape index (κ2) is 6.76. The number of methoxy groups -OCH3 is 1. The lowest BCUT2D eigenvalue weighted by atomic mass is 10.2. The van der Waals surface area contributed by atoms with Gasteiger partial charge < -0.3 is 14.2 Å². The molecule has 1 heterocycles. The maximum Gasteiger partial charge on any atom is 0.316 e. The number of hydrogen-bond donors (Lipinski definition) is 0. The largest absolute Gasteiger partial charge is 0.490 e. The fourth-order valence-corrected chi connectivity index (χ4v) is 2.01. The summed E-state index contributed by atoms with van der Waals surface area (Å²) in [6.45, 7) is 0.942. The first-order valence-electron chi connectivity index (χ1n) is 6.96. The number of ether oxygens (including phenoxy) is 3. The minimum absolute atomic E-state index is 0.345. The van der Waals surface area contributed by atoms with Gasteiger partial charge in [0.1, 0.15) is 24.7 Å². The first-order valence-corrected chi connectivity index (χ1v) is 6.96. The summed E-state index contributed by atoms with van der Waals surface area (Å²) in [5.74, 6) is 1.58. The second-order valence-electron chi connectivity index (χ2n) is 4.59. The molecule has 1 aromatic heterocycles. The van der Waals surface area contributed by atoms with Crippen molar-refractivity contribution in [1.29, 1.82) is 0 Å². The Morgan fingerprint density at radius 2 is 1.68 bits per heavy atom. The molecule has 0 bridgehead atoms. The fourth-order valence-electron chi connectivity index (χ4n) is 2.01. The van der Waals surface area contributed by atoms with E-state index in [4.69, 9.17) is 14.2 Å². The van der Waals surface area contributed by atoms with Crippen LogP contribution in [0.5, 0.6) is 17.5 Å². The quantitative estimate of drug-likeness (QED) is 0.654. The van der Waals surface area contributed by atoms with Crippen molar-refractivity contribution in [3.8, 4) is 17.5 Å². The summed E-state index contributed by atoms with van der Waals surface area (Å²) in [7, 11) is 1.54. The molecule has 0 aliphatic heterocycles. The Labute approximate surface area is 128 Å². The van der Waals surface area contributed by atoms with E-state index in [0.29, 0.717) is 19.2 Å². The third-order valence-corrected chi connectivity index (χ3v) is 3.08. The van der Waals surface area contributed by atoms with E-state index in [0.717, 1.165) is 22.4 Å². The average molecular weight is 296 g/mol. The first kappa shape index (κ1) is 14.1. The number of aromatic nitrogens is 2. The Hall–Kier alpha value is -2.82. The number of para-hydroxylation sites is 1. The lowest BCUT2D eigenvalue weighted by Crippen LogP contribution is -2.08. The molecule has 5 heteroatoms. The zero-order valence-electron chi connectivity index (χ0n) is 12.2. The highest BCUT2D eigenvalue weighted by Gasteiger charge is 2.02. The summed E-state index contributed by atoms with van der Waals surface area (Å²) < 4.78 is 16.3. The van der Waals surface area contributed by atoms with Crippen LogP contribution in [0.1, 0.15) is 0 Å². The molecule has 3 aromatic rings. The minimum atomic E-state index is 0.345. The van der Waals surface area contributed by atoms with E-state index in [1.165, 1.54) is 0 Å². The van der Waals surface area contributed by atoms with Gasteiger partial charge in [-0.1, -0.05) is 18.2 Å². The van der Waals surface area contributed by atoms with Gasteiger partial charge in [-0.15, -0.1) is 0 Å². The highest BCUT2D eigenvalue weighted by atomic mass is 16.5. The average Bonchev–Trinajstić information content (AvgIpc) is 2.59. The first-order chi connectivity index (χ1) is 10.8. The molecule has 0 spiro atoms.